The number of hydrogen-bond acceptors (Lipinski definition) is 5. The molecule has 0 radical (unpaired) electrons. The number of halogens is 1. The third-order valence-electron chi connectivity index (χ3n) is 2.47. The van der Waals surface area contributed by atoms with E-state index in [1.54, 1.807) is 20.2 Å². The van der Waals surface area contributed by atoms with E-state index in [9.17, 15) is 0 Å². The number of methoxy groups -OCH3 is 1. The third kappa shape index (κ3) is 2.70. The second-order valence-corrected chi connectivity index (χ2v) is 4.26. The van der Waals surface area contributed by atoms with Crippen molar-refractivity contribution in [2.45, 2.75) is 13.5 Å². The molecule has 2 rings (SSSR count). The second-order valence-electron chi connectivity index (χ2n) is 3.85. The number of aryl methyl sites for hydroxylation is 2. The molecule has 0 aliphatic heterocycles. The van der Waals surface area contributed by atoms with E-state index in [-0.39, 0.29) is 0 Å². The van der Waals surface area contributed by atoms with Gasteiger partial charge in [-0.3, -0.25) is 0 Å². The second kappa shape index (κ2) is 5.22. The highest BCUT2D eigenvalue weighted by molar-refractivity contribution is 6.31. The average molecular weight is 268 g/mol. The number of nitrogens with zero attached hydrogens (tertiary/aromatic N) is 4. The minimum absolute atomic E-state index is 0.477. The molecule has 1 heterocycles. The normalized spacial score (nSPS) is 10.4. The molecule has 1 N–H and O–H groups in total. The van der Waals surface area contributed by atoms with Crippen LogP contribution in [0.2, 0.25) is 5.02 Å². The quantitative estimate of drug-likeness (QED) is 0.915. The van der Waals surface area contributed by atoms with Crippen molar-refractivity contribution >= 4 is 17.3 Å². The Morgan fingerprint density at radius 3 is 2.83 bits per heavy atom. The molecule has 6 nitrogen and oxygen atoms in total. The molecule has 0 aliphatic carbocycles. The molecule has 0 bridgehead atoms. The number of nitrogens with one attached hydrogen (secondary N) is 1. The van der Waals surface area contributed by atoms with E-state index in [2.05, 4.69) is 20.7 Å². The van der Waals surface area contributed by atoms with E-state index in [1.165, 1.54) is 4.80 Å². The Labute approximate surface area is 110 Å². The van der Waals surface area contributed by atoms with Crippen molar-refractivity contribution < 1.29 is 4.74 Å². The summed E-state index contributed by atoms with van der Waals surface area (Å²) >= 11 is 6.04. The summed E-state index contributed by atoms with van der Waals surface area (Å²) in [5.41, 5.74) is 1.83. The predicted octanol–water partition coefficient (Wildman–Crippen LogP) is 1.79. The summed E-state index contributed by atoms with van der Waals surface area (Å²) in [6.45, 7) is 2.42. The first-order valence-electron chi connectivity index (χ1n) is 5.41. The number of hydrogen-bond donors (Lipinski definition) is 1. The monoisotopic (exact) mass is 267 g/mol. The van der Waals surface area contributed by atoms with Crippen LogP contribution in [0.3, 0.4) is 0 Å². The van der Waals surface area contributed by atoms with E-state index in [1.807, 2.05) is 13.0 Å². The van der Waals surface area contributed by atoms with Crippen LogP contribution < -0.4 is 10.1 Å². The van der Waals surface area contributed by atoms with Crippen LogP contribution in [0.1, 0.15) is 11.4 Å². The Morgan fingerprint density at radius 1 is 1.44 bits per heavy atom. The van der Waals surface area contributed by atoms with Gasteiger partial charge in [0.2, 0.25) is 0 Å². The van der Waals surface area contributed by atoms with Gasteiger partial charge >= 0.3 is 0 Å². The van der Waals surface area contributed by atoms with Crippen LogP contribution >= 0.6 is 11.6 Å². The van der Waals surface area contributed by atoms with Crippen molar-refractivity contribution in [3.8, 4) is 5.75 Å². The lowest BCUT2D eigenvalue weighted by atomic mass is 10.2. The van der Waals surface area contributed by atoms with E-state index >= 15 is 0 Å². The van der Waals surface area contributed by atoms with Gasteiger partial charge in [-0.15, -0.1) is 10.2 Å². The van der Waals surface area contributed by atoms with Crippen molar-refractivity contribution in [2.24, 2.45) is 7.05 Å². The van der Waals surface area contributed by atoms with Gasteiger partial charge in [0, 0.05) is 11.1 Å². The summed E-state index contributed by atoms with van der Waals surface area (Å²) in [5.74, 6) is 1.31. The van der Waals surface area contributed by atoms with Gasteiger partial charge in [0.15, 0.2) is 5.82 Å². The summed E-state index contributed by atoms with van der Waals surface area (Å²) in [6, 6.07) is 3.71. The Bertz CT molecular complexity index is 554. The van der Waals surface area contributed by atoms with Crippen LogP contribution in [0.5, 0.6) is 5.75 Å². The van der Waals surface area contributed by atoms with Gasteiger partial charge in [-0.1, -0.05) is 11.6 Å². The molecule has 18 heavy (non-hydrogen) atoms. The molecule has 0 atom stereocenters. The molecule has 0 saturated carbocycles. The van der Waals surface area contributed by atoms with Crippen LogP contribution in [0.25, 0.3) is 0 Å². The molecule has 1 aromatic heterocycles. The van der Waals surface area contributed by atoms with Crippen LogP contribution in [-0.4, -0.2) is 27.3 Å². The molecule has 7 heteroatoms. The molecular weight excluding hydrogens is 254 g/mol. The maximum atomic E-state index is 6.04. The lowest BCUT2D eigenvalue weighted by molar-refractivity contribution is 0.416. The highest BCUT2D eigenvalue weighted by Crippen LogP contribution is 2.30. The lowest BCUT2D eigenvalue weighted by Crippen LogP contribution is -2.04. The van der Waals surface area contributed by atoms with Crippen LogP contribution in [0.4, 0.5) is 5.69 Å². The number of aromatic nitrogens is 4. The largest absolute Gasteiger partial charge is 0.495 e. The molecular formula is C11H14ClN5O. The Morgan fingerprint density at radius 2 is 2.22 bits per heavy atom. The van der Waals surface area contributed by atoms with Gasteiger partial charge in [-0.25, -0.2) is 0 Å². The van der Waals surface area contributed by atoms with Crippen molar-refractivity contribution in [3.05, 3.63) is 28.5 Å². The average Bonchev–Trinajstić information content (AvgIpc) is 2.76. The summed E-state index contributed by atoms with van der Waals surface area (Å²) in [5, 5.41) is 15.6. The molecule has 0 aliphatic rings. The maximum Gasteiger partial charge on any atom is 0.193 e. The number of benzene rings is 1. The fourth-order valence-corrected chi connectivity index (χ4v) is 1.69. The first kappa shape index (κ1) is 12.6. The molecule has 1 aromatic carbocycles. The van der Waals surface area contributed by atoms with Gasteiger partial charge in [0.25, 0.3) is 0 Å². The highest BCUT2D eigenvalue weighted by atomic mass is 35.5. The van der Waals surface area contributed by atoms with Gasteiger partial charge in [-0.05, 0) is 23.8 Å². The Kier molecular flexibility index (Phi) is 3.66. The maximum absolute atomic E-state index is 6.04. The summed E-state index contributed by atoms with van der Waals surface area (Å²) < 4.78 is 5.27. The van der Waals surface area contributed by atoms with Gasteiger partial charge in [-0.2, -0.15) is 4.80 Å². The molecule has 2 aromatic rings. The predicted molar refractivity (Wildman–Crippen MR) is 68.9 cm³/mol. The van der Waals surface area contributed by atoms with Gasteiger partial charge < -0.3 is 10.1 Å². The van der Waals surface area contributed by atoms with Crippen molar-refractivity contribution in [1.82, 2.24) is 20.2 Å². The number of anilines is 1. The molecule has 0 fully saturated rings. The molecule has 0 unspecified atom stereocenters. The van der Waals surface area contributed by atoms with Crippen molar-refractivity contribution in [3.63, 3.8) is 0 Å². The standard InChI is InChI=1S/C11H14ClN5O/c1-7-4-9(10(18-3)5-8(7)12)13-6-11-14-16-17(2)15-11/h4-5,13H,6H2,1-3H3. The first-order valence-corrected chi connectivity index (χ1v) is 5.79. The summed E-state index contributed by atoms with van der Waals surface area (Å²) in [6.07, 6.45) is 0. The zero-order chi connectivity index (χ0) is 13.1. The molecule has 0 spiro atoms. The van der Waals surface area contributed by atoms with Crippen LogP contribution in [0, 0.1) is 6.92 Å². The van der Waals surface area contributed by atoms with Gasteiger partial charge in [0.1, 0.15) is 5.75 Å². The summed E-state index contributed by atoms with van der Waals surface area (Å²) in [7, 11) is 3.33. The Balaban J connectivity index is 2.15. The van der Waals surface area contributed by atoms with Gasteiger partial charge in [0.05, 0.1) is 26.4 Å². The SMILES string of the molecule is COc1cc(Cl)c(C)cc1NCc1nnn(C)n1. The minimum Gasteiger partial charge on any atom is -0.495 e. The van der Waals surface area contributed by atoms with E-state index in [0.717, 1.165) is 11.3 Å². The Hall–Kier alpha value is -1.82. The lowest BCUT2D eigenvalue weighted by Gasteiger charge is -2.11. The smallest absolute Gasteiger partial charge is 0.193 e. The number of tetrazole rings is 1. The van der Waals surface area contributed by atoms with Crippen LogP contribution in [-0.2, 0) is 13.6 Å². The zero-order valence-corrected chi connectivity index (χ0v) is 11.2. The number of rotatable bonds is 4. The highest BCUT2D eigenvalue weighted by Gasteiger charge is 2.08. The minimum atomic E-state index is 0.477. The topological polar surface area (TPSA) is 64.9 Å². The van der Waals surface area contributed by atoms with E-state index in [4.69, 9.17) is 16.3 Å². The molecule has 96 valence electrons. The fourth-order valence-electron chi connectivity index (χ4n) is 1.54. The molecule has 0 amide bonds. The van der Waals surface area contributed by atoms with Crippen LogP contribution in [0.15, 0.2) is 12.1 Å². The van der Waals surface area contributed by atoms with Crippen molar-refractivity contribution in [1.29, 1.82) is 0 Å². The van der Waals surface area contributed by atoms with E-state index < -0.39 is 0 Å². The third-order valence-corrected chi connectivity index (χ3v) is 2.87. The molecule has 0 saturated heterocycles. The van der Waals surface area contributed by atoms with Crippen molar-refractivity contribution in [2.75, 3.05) is 12.4 Å². The summed E-state index contributed by atoms with van der Waals surface area (Å²) in [4.78, 5) is 1.42. The fraction of sp³-hybridized carbons (Fsp3) is 0.364. The van der Waals surface area contributed by atoms with E-state index in [0.29, 0.717) is 23.1 Å². The first-order chi connectivity index (χ1) is 8.60. The zero-order valence-electron chi connectivity index (χ0n) is 10.4. The number of ether oxygens (including phenoxy) is 1.